The van der Waals surface area contributed by atoms with E-state index in [4.69, 9.17) is 4.74 Å². The number of aromatic nitrogens is 1. The monoisotopic (exact) mass is 448 g/mol. The molecule has 0 amide bonds. The van der Waals surface area contributed by atoms with E-state index >= 15 is 0 Å². The molecule has 2 aromatic rings. The van der Waals surface area contributed by atoms with Gasteiger partial charge in [0.05, 0.1) is 11.5 Å². The molecule has 9 heteroatoms. The molecule has 1 atom stereocenters. The van der Waals surface area contributed by atoms with Crippen LogP contribution in [0.5, 0.6) is 0 Å². The number of hydrogen-bond acceptors (Lipinski definition) is 6. The summed E-state index contributed by atoms with van der Waals surface area (Å²) in [7, 11) is -4.14. The average molecular weight is 449 g/mol. The number of aryl methyl sites for hydroxylation is 1. The predicted octanol–water partition coefficient (Wildman–Crippen LogP) is 3.80. The van der Waals surface area contributed by atoms with Crippen LogP contribution in [-0.2, 0) is 19.6 Å². The number of ether oxygens (including phenoxy) is 1. The van der Waals surface area contributed by atoms with Gasteiger partial charge in [-0.3, -0.25) is 4.79 Å². The van der Waals surface area contributed by atoms with Gasteiger partial charge in [0, 0.05) is 18.7 Å². The Kier molecular flexibility index (Phi) is 8.56. The maximum absolute atomic E-state index is 13.7. The van der Waals surface area contributed by atoms with Gasteiger partial charge in [0.25, 0.3) is 10.0 Å². The molecule has 8 nitrogen and oxygen atoms in total. The summed E-state index contributed by atoms with van der Waals surface area (Å²) in [5, 5.41) is 9.19. The summed E-state index contributed by atoms with van der Waals surface area (Å²) >= 11 is 0. The lowest BCUT2D eigenvalue weighted by Gasteiger charge is -2.32. The number of aliphatic carboxylic acids is 1. The lowest BCUT2D eigenvalue weighted by molar-refractivity contribution is -0.137. The van der Waals surface area contributed by atoms with Crippen LogP contribution in [0.4, 0.5) is 5.82 Å². The summed E-state index contributed by atoms with van der Waals surface area (Å²) in [4.78, 5) is 28.0. The van der Waals surface area contributed by atoms with Crippen molar-refractivity contribution in [1.29, 1.82) is 0 Å². The minimum atomic E-state index is -4.14. The quantitative estimate of drug-likeness (QED) is 0.520. The summed E-state index contributed by atoms with van der Waals surface area (Å²) < 4.78 is 33.6. The molecule has 0 aliphatic heterocycles. The Morgan fingerprint density at radius 1 is 1.13 bits per heavy atom. The number of carboxylic acids is 1. The van der Waals surface area contributed by atoms with Gasteiger partial charge in [0.15, 0.2) is 5.82 Å². The van der Waals surface area contributed by atoms with Crippen LogP contribution in [0.1, 0.15) is 55.5 Å². The van der Waals surface area contributed by atoms with Crippen molar-refractivity contribution in [1.82, 2.24) is 4.98 Å². The molecule has 1 N–H and O–H groups in total. The van der Waals surface area contributed by atoms with Gasteiger partial charge in [-0.1, -0.05) is 31.0 Å². The molecular weight excluding hydrogens is 420 g/mol. The van der Waals surface area contributed by atoms with Gasteiger partial charge in [0.2, 0.25) is 0 Å². The Bertz CT molecular complexity index is 1000. The highest BCUT2D eigenvalue weighted by atomic mass is 32.2. The van der Waals surface area contributed by atoms with Gasteiger partial charge in [-0.25, -0.2) is 22.5 Å². The van der Waals surface area contributed by atoms with Gasteiger partial charge in [-0.05, 0) is 51.0 Å². The maximum atomic E-state index is 13.7. The van der Waals surface area contributed by atoms with Gasteiger partial charge in [-0.15, -0.1) is 0 Å². The Morgan fingerprint density at radius 2 is 1.81 bits per heavy atom. The number of pyridine rings is 1. The highest BCUT2D eigenvalue weighted by Crippen LogP contribution is 2.31. The van der Waals surface area contributed by atoms with E-state index in [-0.39, 0.29) is 35.7 Å². The molecule has 0 aliphatic carbocycles. The number of carbonyl (C=O) groups is 2. The topological polar surface area (TPSA) is 114 Å². The molecule has 0 radical (unpaired) electrons. The smallest absolute Gasteiger partial charge is 0.341 e. The van der Waals surface area contributed by atoms with Crippen LogP contribution in [0.25, 0.3) is 0 Å². The number of benzene rings is 1. The van der Waals surface area contributed by atoms with Crippen molar-refractivity contribution in [3.05, 3.63) is 53.7 Å². The summed E-state index contributed by atoms with van der Waals surface area (Å²) in [5.74, 6) is -1.78. The minimum absolute atomic E-state index is 0.0106. The fourth-order valence-electron chi connectivity index (χ4n) is 3.25. The fraction of sp³-hybridized carbons (Fsp3) is 0.409. The first-order valence-corrected chi connectivity index (χ1v) is 11.6. The van der Waals surface area contributed by atoms with Gasteiger partial charge in [0.1, 0.15) is 5.56 Å². The van der Waals surface area contributed by atoms with E-state index in [1.165, 1.54) is 30.5 Å². The first-order valence-electron chi connectivity index (χ1n) is 10.2. The first-order chi connectivity index (χ1) is 14.7. The van der Waals surface area contributed by atoms with Crippen LogP contribution in [0.15, 0.2) is 47.5 Å². The van der Waals surface area contributed by atoms with Gasteiger partial charge in [-0.2, -0.15) is 0 Å². The molecule has 2 rings (SSSR count). The summed E-state index contributed by atoms with van der Waals surface area (Å²) in [5.41, 5.74) is 0.906. The summed E-state index contributed by atoms with van der Waals surface area (Å²) in [6.45, 7) is 5.50. The standard InChI is InChI=1S/C22H28N2O6S/c1-4-7-17(11-14-20(25)26)24(31(28,29)18-12-9-16(3)10-13-18)21-19(8-6-15-23-21)22(27)30-5-2/h6,8-10,12-13,15,17H,4-5,7,11,14H2,1-3H3,(H,25,26). The lowest BCUT2D eigenvalue weighted by atomic mass is 10.1. The number of hydrogen-bond donors (Lipinski definition) is 1. The molecule has 1 aromatic heterocycles. The zero-order valence-electron chi connectivity index (χ0n) is 17.9. The average Bonchev–Trinajstić information content (AvgIpc) is 2.73. The van der Waals surface area contributed by atoms with Crippen LogP contribution < -0.4 is 4.31 Å². The maximum Gasteiger partial charge on any atom is 0.341 e. The third-order valence-corrected chi connectivity index (χ3v) is 6.57. The number of rotatable bonds is 11. The zero-order chi connectivity index (χ0) is 23.0. The predicted molar refractivity (Wildman–Crippen MR) is 117 cm³/mol. The molecular formula is C22H28N2O6S. The highest BCUT2D eigenvalue weighted by Gasteiger charge is 2.35. The van der Waals surface area contributed by atoms with E-state index in [2.05, 4.69) is 4.98 Å². The molecule has 1 aromatic carbocycles. The molecule has 0 saturated carbocycles. The number of carboxylic acid groups (broad SMARTS) is 1. The highest BCUT2D eigenvalue weighted by molar-refractivity contribution is 7.92. The van der Waals surface area contributed by atoms with E-state index < -0.39 is 28.0 Å². The number of carbonyl (C=O) groups excluding carboxylic acids is 1. The van der Waals surface area contributed by atoms with Crippen LogP contribution in [0.3, 0.4) is 0 Å². The Hall–Kier alpha value is -2.94. The number of sulfonamides is 1. The largest absolute Gasteiger partial charge is 0.481 e. The van der Waals surface area contributed by atoms with Crippen molar-refractivity contribution in [3.8, 4) is 0 Å². The molecule has 0 fully saturated rings. The van der Waals surface area contributed by atoms with E-state index in [1.807, 2.05) is 13.8 Å². The van der Waals surface area contributed by atoms with E-state index in [9.17, 15) is 23.1 Å². The second-order valence-electron chi connectivity index (χ2n) is 7.08. The van der Waals surface area contributed by atoms with Gasteiger partial charge < -0.3 is 9.84 Å². The van der Waals surface area contributed by atoms with E-state index in [1.54, 1.807) is 19.1 Å². The van der Waals surface area contributed by atoms with Crippen LogP contribution in [-0.4, -0.2) is 43.1 Å². The normalized spacial score (nSPS) is 12.2. The van der Waals surface area contributed by atoms with Gasteiger partial charge >= 0.3 is 11.9 Å². The van der Waals surface area contributed by atoms with Crippen molar-refractivity contribution in [3.63, 3.8) is 0 Å². The molecule has 0 bridgehead atoms. The molecule has 0 saturated heterocycles. The van der Waals surface area contributed by atoms with Crippen molar-refractivity contribution in [2.45, 2.75) is 57.4 Å². The Labute approximate surface area is 182 Å². The first kappa shape index (κ1) is 24.3. The lowest BCUT2D eigenvalue weighted by Crippen LogP contribution is -2.42. The fourth-order valence-corrected chi connectivity index (χ4v) is 4.93. The molecule has 31 heavy (non-hydrogen) atoms. The minimum Gasteiger partial charge on any atom is -0.481 e. The second kappa shape index (κ2) is 10.9. The molecule has 0 aliphatic rings. The van der Waals surface area contributed by atoms with Crippen LogP contribution in [0.2, 0.25) is 0 Å². The van der Waals surface area contributed by atoms with Crippen molar-refractivity contribution in [2.24, 2.45) is 0 Å². The second-order valence-corrected chi connectivity index (χ2v) is 8.90. The molecule has 168 valence electrons. The zero-order valence-corrected chi connectivity index (χ0v) is 18.8. The summed E-state index contributed by atoms with van der Waals surface area (Å²) in [6, 6.07) is 8.63. The third kappa shape index (κ3) is 6.04. The number of esters is 1. The van der Waals surface area contributed by atoms with Crippen LogP contribution in [0, 0.1) is 6.92 Å². The van der Waals surface area contributed by atoms with E-state index in [0.717, 1.165) is 9.87 Å². The Balaban J connectivity index is 2.69. The molecule has 1 unspecified atom stereocenters. The molecule has 1 heterocycles. The van der Waals surface area contributed by atoms with Crippen molar-refractivity contribution in [2.75, 3.05) is 10.9 Å². The van der Waals surface area contributed by atoms with Crippen molar-refractivity contribution < 1.29 is 27.9 Å². The SMILES string of the molecule is CCCC(CCC(=O)O)N(c1ncccc1C(=O)OCC)S(=O)(=O)c1ccc(C)cc1. The summed E-state index contributed by atoms with van der Waals surface area (Å²) in [6.07, 6.45) is 2.28. The Morgan fingerprint density at radius 3 is 2.39 bits per heavy atom. The van der Waals surface area contributed by atoms with Crippen LogP contribution >= 0.6 is 0 Å². The van der Waals surface area contributed by atoms with Crippen molar-refractivity contribution >= 4 is 27.8 Å². The third-order valence-electron chi connectivity index (χ3n) is 4.71. The number of nitrogens with zero attached hydrogens (tertiary/aromatic N) is 2. The number of anilines is 1. The van der Waals surface area contributed by atoms with E-state index in [0.29, 0.717) is 12.8 Å². The molecule has 0 spiro atoms.